The number of fused-ring (bicyclic) bond motifs is 1. The van der Waals surface area contributed by atoms with Gasteiger partial charge in [0.2, 0.25) is 0 Å². The first kappa shape index (κ1) is 10.7. The second kappa shape index (κ2) is 4.81. The molecule has 0 aliphatic heterocycles. The number of para-hydroxylation sites is 1. The van der Waals surface area contributed by atoms with Gasteiger partial charge in [-0.15, -0.1) is 0 Å². The molecule has 4 nitrogen and oxygen atoms in total. The van der Waals surface area contributed by atoms with Crippen LogP contribution in [0.1, 0.15) is 11.5 Å². The maximum absolute atomic E-state index is 10.3. The fourth-order valence-corrected chi connectivity index (χ4v) is 1.82. The molecule has 1 atom stereocenters. The lowest BCUT2D eigenvalue weighted by atomic mass is 9.96. The van der Waals surface area contributed by atoms with Gasteiger partial charge in [0.1, 0.15) is 0 Å². The Hall–Kier alpha value is -1.81. The van der Waals surface area contributed by atoms with Crippen LogP contribution in [0.5, 0.6) is 0 Å². The summed E-state index contributed by atoms with van der Waals surface area (Å²) >= 11 is 0. The molecule has 0 spiro atoms. The molecule has 0 saturated heterocycles. The number of hydrogen-bond acceptors (Lipinski definition) is 4. The fraction of sp³-hybridized carbons (Fsp3) is 0.250. The fourth-order valence-electron chi connectivity index (χ4n) is 1.82. The van der Waals surface area contributed by atoms with Crippen molar-refractivity contribution in [3.63, 3.8) is 0 Å². The number of hydrogen-bond donors (Lipinski definition) is 1. The predicted octanol–water partition coefficient (Wildman–Crippen LogP) is 2.08. The van der Waals surface area contributed by atoms with Crippen LogP contribution < -0.4 is 0 Å². The minimum Gasteiger partial charge on any atom is -0.396 e. The summed E-state index contributed by atoms with van der Waals surface area (Å²) < 4.78 is 0. The van der Waals surface area contributed by atoms with Crippen LogP contribution >= 0.6 is 0 Å². The molecule has 0 amide bonds. The number of aliphatic hydroxyl groups excluding tert-OH is 1. The average Bonchev–Trinajstić information content (AvgIpc) is 2.35. The van der Waals surface area contributed by atoms with Gasteiger partial charge in [-0.1, -0.05) is 23.4 Å². The Bertz CT molecular complexity index is 494. The molecule has 2 rings (SSSR count). The maximum Gasteiger partial charge on any atom is 0.0901 e. The number of rotatable bonds is 4. The lowest BCUT2D eigenvalue weighted by molar-refractivity contribution is 0.268. The third kappa shape index (κ3) is 1.92. The van der Waals surface area contributed by atoms with Crippen LogP contribution in [0.25, 0.3) is 10.9 Å². The number of aromatic nitrogens is 1. The minimum atomic E-state index is -0.245. The van der Waals surface area contributed by atoms with Crippen LogP contribution in [0, 0.1) is 4.91 Å². The largest absolute Gasteiger partial charge is 0.396 e. The van der Waals surface area contributed by atoms with Crippen LogP contribution in [0.15, 0.2) is 41.7 Å². The van der Waals surface area contributed by atoms with Crippen LogP contribution in [-0.2, 0) is 0 Å². The summed E-state index contributed by atoms with van der Waals surface area (Å²) in [5.41, 5.74) is 1.79. The summed E-state index contributed by atoms with van der Waals surface area (Å²) in [4.78, 5) is 14.5. The van der Waals surface area contributed by atoms with Crippen molar-refractivity contribution in [3.8, 4) is 0 Å². The Balaban J connectivity index is 2.54. The first-order chi connectivity index (χ1) is 7.86. The molecule has 1 aromatic carbocycles. The van der Waals surface area contributed by atoms with E-state index in [0.717, 1.165) is 16.5 Å². The molecular formula is C12H12N2O2. The Morgan fingerprint density at radius 1 is 1.31 bits per heavy atom. The highest BCUT2D eigenvalue weighted by molar-refractivity contribution is 5.82. The van der Waals surface area contributed by atoms with Gasteiger partial charge in [0, 0.05) is 17.5 Å². The molecule has 1 aromatic heterocycles. The maximum atomic E-state index is 10.3. The van der Waals surface area contributed by atoms with E-state index >= 15 is 0 Å². The van der Waals surface area contributed by atoms with Crippen molar-refractivity contribution in [2.24, 2.45) is 5.18 Å². The van der Waals surface area contributed by atoms with Crippen molar-refractivity contribution >= 4 is 10.9 Å². The van der Waals surface area contributed by atoms with Gasteiger partial charge >= 0.3 is 0 Å². The monoisotopic (exact) mass is 216 g/mol. The number of nitrogens with zero attached hydrogens (tertiary/aromatic N) is 2. The van der Waals surface area contributed by atoms with Gasteiger partial charge in [0.05, 0.1) is 18.7 Å². The van der Waals surface area contributed by atoms with Gasteiger partial charge in [-0.05, 0) is 17.7 Å². The standard InChI is InChI=1S/C12H12N2O2/c15-8-9(7-14-16)10-5-6-13-12-4-2-1-3-11(10)12/h1-6,9,15H,7-8H2. The van der Waals surface area contributed by atoms with Crippen molar-refractivity contribution < 1.29 is 5.11 Å². The highest BCUT2D eigenvalue weighted by Gasteiger charge is 2.13. The van der Waals surface area contributed by atoms with Crippen LogP contribution in [0.2, 0.25) is 0 Å². The number of pyridine rings is 1. The summed E-state index contributed by atoms with van der Waals surface area (Å²) in [5.74, 6) is -0.245. The van der Waals surface area contributed by atoms with E-state index in [1.165, 1.54) is 0 Å². The lowest BCUT2D eigenvalue weighted by Gasteiger charge is -2.12. The second-order valence-corrected chi connectivity index (χ2v) is 3.61. The summed E-state index contributed by atoms with van der Waals surface area (Å²) in [7, 11) is 0. The molecule has 1 heterocycles. The zero-order valence-corrected chi connectivity index (χ0v) is 8.71. The smallest absolute Gasteiger partial charge is 0.0901 e. The van der Waals surface area contributed by atoms with Gasteiger partial charge in [-0.25, -0.2) is 0 Å². The molecule has 1 unspecified atom stereocenters. The average molecular weight is 216 g/mol. The summed E-state index contributed by atoms with van der Waals surface area (Å²) in [5, 5.41) is 13.1. The first-order valence-corrected chi connectivity index (χ1v) is 5.10. The molecule has 0 aliphatic rings. The lowest BCUT2D eigenvalue weighted by Crippen LogP contribution is -2.08. The molecule has 0 saturated carbocycles. The van der Waals surface area contributed by atoms with Crippen molar-refractivity contribution in [3.05, 3.63) is 47.0 Å². The van der Waals surface area contributed by atoms with Gasteiger partial charge in [0.25, 0.3) is 0 Å². The number of aliphatic hydroxyl groups is 1. The van der Waals surface area contributed by atoms with E-state index in [1.54, 1.807) is 6.20 Å². The van der Waals surface area contributed by atoms with Gasteiger partial charge in [0.15, 0.2) is 0 Å². The van der Waals surface area contributed by atoms with E-state index < -0.39 is 0 Å². The van der Waals surface area contributed by atoms with E-state index in [0.29, 0.717) is 0 Å². The van der Waals surface area contributed by atoms with E-state index in [9.17, 15) is 10.0 Å². The van der Waals surface area contributed by atoms with Gasteiger partial charge in [-0.2, -0.15) is 4.91 Å². The third-order valence-corrected chi connectivity index (χ3v) is 2.64. The summed E-state index contributed by atoms with van der Waals surface area (Å²) in [6, 6.07) is 9.49. The highest BCUT2D eigenvalue weighted by atomic mass is 16.3. The second-order valence-electron chi connectivity index (χ2n) is 3.61. The van der Waals surface area contributed by atoms with Crippen molar-refractivity contribution in [2.45, 2.75) is 5.92 Å². The number of benzene rings is 1. The summed E-state index contributed by atoms with van der Waals surface area (Å²) in [6.45, 7) is 0.00422. The van der Waals surface area contributed by atoms with Gasteiger partial charge < -0.3 is 5.11 Å². The van der Waals surface area contributed by atoms with Crippen LogP contribution in [-0.4, -0.2) is 23.2 Å². The molecular weight excluding hydrogens is 204 g/mol. The predicted molar refractivity (Wildman–Crippen MR) is 62.2 cm³/mol. The van der Waals surface area contributed by atoms with Crippen molar-refractivity contribution in [2.75, 3.05) is 13.2 Å². The van der Waals surface area contributed by atoms with Crippen molar-refractivity contribution in [1.29, 1.82) is 0 Å². The number of nitroso groups, excluding NO2 is 1. The molecule has 1 N–H and O–H groups in total. The van der Waals surface area contributed by atoms with E-state index in [4.69, 9.17) is 0 Å². The molecule has 82 valence electrons. The summed E-state index contributed by atoms with van der Waals surface area (Å²) in [6.07, 6.45) is 1.69. The Kier molecular flexibility index (Phi) is 3.22. The van der Waals surface area contributed by atoms with Crippen molar-refractivity contribution in [1.82, 2.24) is 4.98 Å². The Morgan fingerprint density at radius 3 is 2.88 bits per heavy atom. The first-order valence-electron chi connectivity index (χ1n) is 5.10. The Morgan fingerprint density at radius 2 is 2.12 bits per heavy atom. The minimum absolute atomic E-state index is 0.0836. The van der Waals surface area contributed by atoms with E-state index in [2.05, 4.69) is 10.2 Å². The van der Waals surface area contributed by atoms with Gasteiger partial charge in [-0.3, -0.25) is 4.98 Å². The molecule has 4 heteroatoms. The van der Waals surface area contributed by atoms with E-state index in [-0.39, 0.29) is 19.1 Å². The molecule has 0 fully saturated rings. The van der Waals surface area contributed by atoms with E-state index in [1.807, 2.05) is 30.3 Å². The molecule has 0 radical (unpaired) electrons. The normalized spacial score (nSPS) is 12.6. The quantitative estimate of drug-likeness (QED) is 0.796. The SMILES string of the molecule is O=NCC(CO)c1ccnc2ccccc12. The topological polar surface area (TPSA) is 62.5 Å². The zero-order valence-electron chi connectivity index (χ0n) is 8.71. The molecule has 2 aromatic rings. The highest BCUT2D eigenvalue weighted by Crippen LogP contribution is 2.24. The van der Waals surface area contributed by atoms with Crippen LogP contribution in [0.4, 0.5) is 0 Å². The molecule has 16 heavy (non-hydrogen) atoms. The third-order valence-electron chi connectivity index (χ3n) is 2.64. The molecule has 0 aliphatic carbocycles. The van der Waals surface area contributed by atoms with Crippen LogP contribution in [0.3, 0.4) is 0 Å². The molecule has 0 bridgehead atoms. The zero-order chi connectivity index (χ0) is 11.4. The Labute approximate surface area is 92.9 Å².